The van der Waals surface area contributed by atoms with Crippen LogP contribution < -0.4 is 10.4 Å². The first kappa shape index (κ1) is 22.0. The molecule has 2 aromatic rings. The van der Waals surface area contributed by atoms with Gasteiger partial charge >= 0.3 is 6.18 Å². The van der Waals surface area contributed by atoms with Crippen LogP contribution in [0.25, 0.3) is 0 Å². The maximum Gasteiger partial charge on any atom is 0.416 e. The molecule has 1 saturated heterocycles. The van der Waals surface area contributed by atoms with Crippen LogP contribution in [-0.4, -0.2) is 46.7 Å². The van der Waals surface area contributed by atoms with Gasteiger partial charge in [-0.1, -0.05) is 18.2 Å². The summed E-state index contributed by atoms with van der Waals surface area (Å²) in [5.41, 5.74) is 1.55. The minimum absolute atomic E-state index is 0.0109. The number of rotatable bonds is 6. The lowest BCUT2D eigenvalue weighted by atomic mass is 10.1. The highest BCUT2D eigenvalue weighted by Crippen LogP contribution is 2.33. The zero-order valence-corrected chi connectivity index (χ0v) is 15.8. The zero-order valence-electron chi connectivity index (χ0n) is 15.8. The Labute approximate surface area is 170 Å². The number of benzene rings is 2. The summed E-state index contributed by atoms with van der Waals surface area (Å²) in [4.78, 5) is 14.3. The Bertz CT molecular complexity index is 876. The average molecular weight is 427 g/mol. The fourth-order valence-electron chi connectivity index (χ4n) is 3.34. The third kappa shape index (κ3) is 5.07. The fourth-order valence-corrected chi connectivity index (χ4v) is 3.34. The number of likely N-dealkylation sites (tertiary alicyclic amines) is 1. The standard InChI is InChI=1S/C20H21F4N3O3/c21-16-8-9-26(12-16)19(29)27(17-3-1-2-15(10-17)20(22,23)24)11-13-4-6-14(7-5-13)18(28)25-30/h1-7,10,16,19,29-30H,8-9,11-12H2,(H,25,28)/t16-,19?/m1/s1. The number of alkyl halides is 4. The highest BCUT2D eigenvalue weighted by Gasteiger charge is 2.33. The molecule has 1 aliphatic rings. The van der Waals surface area contributed by atoms with Gasteiger partial charge in [-0.3, -0.25) is 14.9 Å². The summed E-state index contributed by atoms with van der Waals surface area (Å²) < 4.78 is 53.1. The highest BCUT2D eigenvalue weighted by molar-refractivity contribution is 5.93. The molecule has 1 unspecified atom stereocenters. The molecule has 0 aromatic heterocycles. The van der Waals surface area contributed by atoms with Gasteiger partial charge in [0.15, 0.2) is 6.35 Å². The SMILES string of the molecule is O=C(NO)c1ccc(CN(c2cccc(C(F)(F)F)c2)C(O)N2CC[C@@H](F)C2)cc1. The molecule has 2 aromatic carbocycles. The number of hydrogen-bond donors (Lipinski definition) is 3. The molecule has 1 aliphatic heterocycles. The van der Waals surface area contributed by atoms with E-state index in [1.807, 2.05) is 0 Å². The van der Waals surface area contributed by atoms with Gasteiger partial charge in [0.2, 0.25) is 0 Å². The normalized spacial score (nSPS) is 18.3. The van der Waals surface area contributed by atoms with Gasteiger partial charge in [-0.05, 0) is 42.3 Å². The molecule has 2 atom stereocenters. The molecule has 0 saturated carbocycles. The van der Waals surface area contributed by atoms with Crippen LogP contribution in [0.3, 0.4) is 0 Å². The molecule has 0 bridgehead atoms. The lowest BCUT2D eigenvalue weighted by molar-refractivity contribution is -0.137. The van der Waals surface area contributed by atoms with Crippen LogP contribution in [0, 0.1) is 0 Å². The van der Waals surface area contributed by atoms with Crippen molar-refractivity contribution >= 4 is 11.6 Å². The van der Waals surface area contributed by atoms with E-state index in [0.717, 1.165) is 12.1 Å². The quantitative estimate of drug-likeness (QED) is 0.286. The lowest BCUT2D eigenvalue weighted by Crippen LogP contribution is -2.47. The van der Waals surface area contributed by atoms with Gasteiger partial charge in [0.1, 0.15) is 6.17 Å². The number of hydrogen-bond acceptors (Lipinski definition) is 5. The highest BCUT2D eigenvalue weighted by atomic mass is 19.4. The first-order chi connectivity index (χ1) is 14.2. The third-order valence-corrected chi connectivity index (χ3v) is 4.94. The van der Waals surface area contributed by atoms with Gasteiger partial charge < -0.3 is 10.0 Å². The first-order valence-corrected chi connectivity index (χ1v) is 9.22. The van der Waals surface area contributed by atoms with Crippen molar-refractivity contribution in [3.8, 4) is 0 Å². The molecule has 3 N–H and O–H groups in total. The molecule has 1 amide bonds. The number of nitrogens with zero attached hydrogens (tertiary/aromatic N) is 2. The maximum atomic E-state index is 13.6. The summed E-state index contributed by atoms with van der Waals surface area (Å²) in [6.45, 7) is 0.261. The Morgan fingerprint density at radius 3 is 2.50 bits per heavy atom. The fraction of sp³-hybridized carbons (Fsp3) is 0.350. The second-order valence-electron chi connectivity index (χ2n) is 7.04. The van der Waals surface area contributed by atoms with Gasteiger partial charge in [-0.2, -0.15) is 13.2 Å². The predicted molar refractivity (Wildman–Crippen MR) is 100 cm³/mol. The van der Waals surface area contributed by atoms with E-state index in [4.69, 9.17) is 5.21 Å². The number of nitrogens with one attached hydrogen (secondary N) is 1. The zero-order chi connectivity index (χ0) is 21.9. The third-order valence-electron chi connectivity index (χ3n) is 4.94. The van der Waals surface area contributed by atoms with E-state index in [-0.39, 0.29) is 37.3 Å². The molecule has 1 fully saturated rings. The number of aliphatic hydroxyl groups excluding tert-OH is 1. The monoisotopic (exact) mass is 427 g/mol. The molecule has 3 rings (SSSR count). The number of amides is 1. The van der Waals surface area contributed by atoms with Crippen molar-refractivity contribution < 1.29 is 32.7 Å². The Kier molecular flexibility index (Phi) is 6.59. The minimum atomic E-state index is -4.55. The molecule has 30 heavy (non-hydrogen) atoms. The average Bonchev–Trinajstić information content (AvgIpc) is 3.17. The van der Waals surface area contributed by atoms with Crippen molar-refractivity contribution in [1.82, 2.24) is 10.4 Å². The minimum Gasteiger partial charge on any atom is -0.361 e. The van der Waals surface area contributed by atoms with Crippen LogP contribution in [0.1, 0.15) is 27.9 Å². The van der Waals surface area contributed by atoms with Crippen LogP contribution in [0.4, 0.5) is 23.2 Å². The van der Waals surface area contributed by atoms with Crippen LogP contribution in [-0.2, 0) is 12.7 Å². The summed E-state index contributed by atoms with van der Waals surface area (Å²) in [5.74, 6) is -0.706. The topological polar surface area (TPSA) is 76.0 Å². The first-order valence-electron chi connectivity index (χ1n) is 9.22. The second kappa shape index (κ2) is 8.99. The summed E-state index contributed by atoms with van der Waals surface area (Å²) in [5, 5.41) is 19.5. The van der Waals surface area contributed by atoms with Gasteiger partial charge in [-0.25, -0.2) is 9.87 Å². The Balaban J connectivity index is 1.91. The Morgan fingerprint density at radius 1 is 1.23 bits per heavy atom. The Morgan fingerprint density at radius 2 is 1.93 bits per heavy atom. The van der Waals surface area contributed by atoms with Crippen molar-refractivity contribution in [2.24, 2.45) is 0 Å². The van der Waals surface area contributed by atoms with Crippen LogP contribution >= 0.6 is 0 Å². The molecular weight excluding hydrogens is 406 g/mol. The van der Waals surface area contributed by atoms with Crippen LogP contribution in [0.5, 0.6) is 0 Å². The molecule has 0 spiro atoms. The van der Waals surface area contributed by atoms with Gasteiger partial charge in [0, 0.05) is 30.9 Å². The molecule has 0 radical (unpaired) electrons. The number of anilines is 1. The largest absolute Gasteiger partial charge is 0.416 e. The summed E-state index contributed by atoms with van der Waals surface area (Å²) in [6, 6.07) is 10.5. The van der Waals surface area contributed by atoms with E-state index in [1.54, 1.807) is 12.1 Å². The van der Waals surface area contributed by atoms with Crippen LogP contribution in [0.15, 0.2) is 48.5 Å². The molecule has 162 valence electrons. The maximum absolute atomic E-state index is 13.6. The molecule has 10 heteroatoms. The van der Waals surface area contributed by atoms with E-state index in [1.165, 1.54) is 39.5 Å². The summed E-state index contributed by atoms with van der Waals surface area (Å²) in [7, 11) is 0. The van der Waals surface area contributed by atoms with E-state index >= 15 is 0 Å². The van der Waals surface area contributed by atoms with E-state index in [9.17, 15) is 27.5 Å². The molecule has 0 aliphatic carbocycles. The Hall–Kier alpha value is -2.69. The van der Waals surface area contributed by atoms with E-state index in [2.05, 4.69) is 0 Å². The van der Waals surface area contributed by atoms with Crippen molar-refractivity contribution in [3.63, 3.8) is 0 Å². The van der Waals surface area contributed by atoms with Crippen LogP contribution in [0.2, 0.25) is 0 Å². The summed E-state index contributed by atoms with van der Waals surface area (Å²) in [6.07, 6.45) is -6.77. The number of carbonyl (C=O) groups excluding carboxylic acids is 1. The smallest absolute Gasteiger partial charge is 0.361 e. The van der Waals surface area contributed by atoms with E-state index < -0.39 is 30.2 Å². The predicted octanol–water partition coefficient (Wildman–Crippen LogP) is 3.15. The number of hydroxylamine groups is 1. The number of aliphatic hydroxyl groups is 1. The van der Waals surface area contributed by atoms with E-state index in [0.29, 0.717) is 5.56 Å². The van der Waals surface area contributed by atoms with Crippen molar-refractivity contribution in [3.05, 3.63) is 65.2 Å². The number of halogens is 4. The van der Waals surface area contributed by atoms with Gasteiger partial charge in [0.25, 0.3) is 5.91 Å². The number of carbonyl (C=O) groups is 1. The molecule has 1 heterocycles. The van der Waals surface area contributed by atoms with Crippen molar-refractivity contribution in [2.75, 3.05) is 18.0 Å². The summed E-state index contributed by atoms with van der Waals surface area (Å²) >= 11 is 0. The van der Waals surface area contributed by atoms with Gasteiger partial charge in [0.05, 0.1) is 5.56 Å². The molecule has 6 nitrogen and oxygen atoms in total. The van der Waals surface area contributed by atoms with Gasteiger partial charge in [-0.15, -0.1) is 0 Å². The molecular formula is C20H21F4N3O3. The van der Waals surface area contributed by atoms with Crippen molar-refractivity contribution in [1.29, 1.82) is 0 Å². The lowest BCUT2D eigenvalue weighted by Gasteiger charge is -2.35. The second-order valence-corrected chi connectivity index (χ2v) is 7.04. The van der Waals surface area contributed by atoms with Crippen molar-refractivity contribution in [2.45, 2.75) is 31.7 Å².